The molecule has 2 aliphatic rings. The smallest absolute Gasteiger partial charge is 0.344 e. The predicted octanol–water partition coefficient (Wildman–Crippen LogP) is 2.49. The van der Waals surface area contributed by atoms with Crippen LogP contribution in [-0.4, -0.2) is 52.7 Å². The summed E-state index contributed by atoms with van der Waals surface area (Å²) < 4.78 is 41.7. The minimum atomic E-state index is -4.13. The molecule has 1 aliphatic heterocycles. The van der Waals surface area contributed by atoms with Crippen molar-refractivity contribution >= 4 is 16.7 Å². The van der Waals surface area contributed by atoms with Crippen LogP contribution in [0.3, 0.4) is 0 Å². The third kappa shape index (κ3) is 3.22. The average molecular weight is 306 g/mol. The van der Waals surface area contributed by atoms with E-state index in [0.29, 0.717) is 25.6 Å². The minimum Gasteiger partial charge on any atom is -0.344 e. The van der Waals surface area contributed by atoms with E-state index in [1.165, 1.54) is 16.4 Å². The van der Waals surface area contributed by atoms with Crippen LogP contribution < -0.4 is 4.90 Å². The summed E-state index contributed by atoms with van der Waals surface area (Å²) >= 11 is 1.36. The fourth-order valence-corrected chi connectivity index (χ4v) is 3.28. The van der Waals surface area contributed by atoms with E-state index in [-0.39, 0.29) is 6.04 Å². The maximum Gasteiger partial charge on any atom is 0.401 e. The van der Waals surface area contributed by atoms with E-state index in [2.05, 4.69) is 14.3 Å². The number of hydrogen-bond donors (Lipinski definition) is 0. The molecule has 112 valence electrons. The number of piperazine rings is 1. The van der Waals surface area contributed by atoms with Crippen molar-refractivity contribution in [3.63, 3.8) is 0 Å². The van der Waals surface area contributed by atoms with Gasteiger partial charge in [-0.3, -0.25) is 4.90 Å². The van der Waals surface area contributed by atoms with Gasteiger partial charge in [0.25, 0.3) is 0 Å². The predicted molar refractivity (Wildman–Crippen MR) is 71.2 cm³/mol. The van der Waals surface area contributed by atoms with Crippen LogP contribution in [0.2, 0.25) is 0 Å². The van der Waals surface area contributed by atoms with E-state index in [4.69, 9.17) is 0 Å². The van der Waals surface area contributed by atoms with Gasteiger partial charge in [-0.2, -0.15) is 17.5 Å². The lowest BCUT2D eigenvalue weighted by Crippen LogP contribution is -2.54. The highest BCUT2D eigenvalue weighted by Gasteiger charge is 2.36. The summed E-state index contributed by atoms with van der Waals surface area (Å²) in [6.07, 6.45) is -1.81. The number of aromatic nitrogens is 2. The van der Waals surface area contributed by atoms with Crippen molar-refractivity contribution in [1.82, 2.24) is 14.3 Å². The molecule has 20 heavy (non-hydrogen) atoms. The van der Waals surface area contributed by atoms with Gasteiger partial charge in [0.15, 0.2) is 0 Å². The lowest BCUT2D eigenvalue weighted by molar-refractivity contribution is -0.150. The first-order chi connectivity index (χ1) is 9.42. The monoisotopic (exact) mass is 306 g/mol. The maximum absolute atomic E-state index is 12.5. The molecule has 1 unspecified atom stereocenters. The Hall–Kier alpha value is -0.890. The average Bonchev–Trinajstić information content (AvgIpc) is 3.09. The Morgan fingerprint density at radius 3 is 2.65 bits per heavy atom. The second-order valence-electron chi connectivity index (χ2n) is 5.59. The van der Waals surface area contributed by atoms with Crippen molar-refractivity contribution < 1.29 is 13.2 Å². The fraction of sp³-hybridized carbons (Fsp3) is 0.833. The Bertz CT molecular complexity index is 472. The van der Waals surface area contributed by atoms with Gasteiger partial charge in [0.1, 0.15) is 5.82 Å². The summed E-state index contributed by atoms with van der Waals surface area (Å²) in [5.41, 5.74) is 0. The summed E-state index contributed by atoms with van der Waals surface area (Å²) in [5, 5.41) is 0.852. The molecule has 1 aliphatic carbocycles. The Balaban J connectivity index is 1.60. The molecule has 0 amide bonds. The molecule has 2 heterocycles. The molecule has 1 aromatic heterocycles. The van der Waals surface area contributed by atoms with E-state index in [1.807, 2.05) is 6.92 Å². The van der Waals surface area contributed by atoms with Crippen LogP contribution in [0.25, 0.3) is 0 Å². The standard InChI is InChI=1S/C12H17F3N4S/c1-8-6-18(4-5-19(8)7-12(13,14)15)11-16-10(17-20-11)9-2-3-9/h8-9H,2-7H2,1H3. The molecule has 0 spiro atoms. The first-order valence-corrected chi connectivity index (χ1v) is 7.59. The molecule has 1 atom stereocenters. The Morgan fingerprint density at radius 1 is 1.30 bits per heavy atom. The molecule has 3 rings (SSSR count). The van der Waals surface area contributed by atoms with Gasteiger partial charge < -0.3 is 4.90 Å². The number of anilines is 1. The van der Waals surface area contributed by atoms with Gasteiger partial charge in [0, 0.05) is 43.1 Å². The summed E-state index contributed by atoms with van der Waals surface area (Å²) in [7, 11) is 0. The van der Waals surface area contributed by atoms with Crippen molar-refractivity contribution in [3.05, 3.63) is 5.82 Å². The van der Waals surface area contributed by atoms with E-state index in [9.17, 15) is 13.2 Å². The minimum absolute atomic E-state index is 0.126. The van der Waals surface area contributed by atoms with Crippen molar-refractivity contribution in [1.29, 1.82) is 0 Å². The van der Waals surface area contributed by atoms with Crippen LogP contribution in [0.15, 0.2) is 0 Å². The van der Waals surface area contributed by atoms with E-state index < -0.39 is 12.7 Å². The molecule has 0 radical (unpaired) electrons. The van der Waals surface area contributed by atoms with Crippen molar-refractivity contribution in [2.24, 2.45) is 0 Å². The van der Waals surface area contributed by atoms with Crippen molar-refractivity contribution in [2.45, 2.75) is 37.9 Å². The number of halogens is 3. The molecular weight excluding hydrogens is 289 g/mol. The largest absolute Gasteiger partial charge is 0.401 e. The van der Waals surface area contributed by atoms with Gasteiger partial charge in [-0.15, -0.1) is 0 Å². The molecule has 0 aromatic carbocycles. The van der Waals surface area contributed by atoms with E-state index >= 15 is 0 Å². The normalized spacial score (nSPS) is 25.2. The summed E-state index contributed by atoms with van der Waals surface area (Å²) in [4.78, 5) is 8.06. The van der Waals surface area contributed by atoms with Crippen LogP contribution >= 0.6 is 11.5 Å². The van der Waals surface area contributed by atoms with Gasteiger partial charge in [-0.1, -0.05) is 0 Å². The van der Waals surface area contributed by atoms with Crippen LogP contribution in [0.5, 0.6) is 0 Å². The Kier molecular flexibility index (Phi) is 3.62. The topological polar surface area (TPSA) is 32.3 Å². The number of hydrogen-bond acceptors (Lipinski definition) is 5. The highest BCUT2D eigenvalue weighted by Crippen LogP contribution is 2.39. The molecule has 4 nitrogen and oxygen atoms in total. The molecule has 0 bridgehead atoms. The van der Waals surface area contributed by atoms with Gasteiger partial charge in [-0.25, -0.2) is 4.98 Å². The molecule has 1 saturated carbocycles. The van der Waals surface area contributed by atoms with Crippen LogP contribution in [0, 0.1) is 0 Å². The van der Waals surface area contributed by atoms with Crippen LogP contribution in [0.1, 0.15) is 31.5 Å². The lowest BCUT2D eigenvalue weighted by Gasteiger charge is -2.39. The first kappa shape index (κ1) is 14.1. The Morgan fingerprint density at radius 2 is 2.05 bits per heavy atom. The zero-order chi connectivity index (χ0) is 14.3. The van der Waals surface area contributed by atoms with Gasteiger partial charge in [-0.05, 0) is 19.8 Å². The maximum atomic E-state index is 12.5. The second kappa shape index (κ2) is 5.14. The van der Waals surface area contributed by atoms with E-state index in [1.54, 1.807) is 0 Å². The first-order valence-electron chi connectivity index (χ1n) is 6.82. The SMILES string of the molecule is CC1CN(c2nc(C3CC3)ns2)CCN1CC(F)(F)F. The molecular formula is C12H17F3N4S. The quantitative estimate of drug-likeness (QED) is 0.859. The zero-order valence-electron chi connectivity index (χ0n) is 11.2. The van der Waals surface area contributed by atoms with Crippen LogP contribution in [-0.2, 0) is 0 Å². The van der Waals surface area contributed by atoms with Gasteiger partial charge in [0.2, 0.25) is 5.13 Å². The third-order valence-corrected chi connectivity index (χ3v) is 4.58. The van der Waals surface area contributed by atoms with Gasteiger partial charge in [0.05, 0.1) is 6.54 Å². The van der Waals surface area contributed by atoms with E-state index in [0.717, 1.165) is 23.8 Å². The summed E-state index contributed by atoms with van der Waals surface area (Å²) in [5.74, 6) is 1.43. The lowest BCUT2D eigenvalue weighted by atomic mass is 10.2. The number of rotatable bonds is 3. The van der Waals surface area contributed by atoms with Crippen LogP contribution in [0.4, 0.5) is 18.3 Å². The molecule has 2 fully saturated rings. The fourth-order valence-electron chi connectivity index (χ4n) is 2.50. The summed E-state index contributed by atoms with van der Waals surface area (Å²) in [6, 6.07) is -0.126. The second-order valence-corrected chi connectivity index (χ2v) is 6.32. The van der Waals surface area contributed by atoms with Gasteiger partial charge >= 0.3 is 6.18 Å². The number of alkyl halides is 3. The van der Waals surface area contributed by atoms with Crippen molar-refractivity contribution in [3.8, 4) is 0 Å². The summed E-state index contributed by atoms with van der Waals surface area (Å²) in [6.45, 7) is 2.58. The zero-order valence-corrected chi connectivity index (χ0v) is 12.0. The highest BCUT2D eigenvalue weighted by molar-refractivity contribution is 7.09. The highest BCUT2D eigenvalue weighted by atomic mass is 32.1. The molecule has 8 heteroatoms. The molecule has 0 N–H and O–H groups in total. The molecule has 1 aromatic rings. The third-order valence-electron chi connectivity index (χ3n) is 3.79. The van der Waals surface area contributed by atoms with Crippen molar-refractivity contribution in [2.75, 3.05) is 31.1 Å². The number of nitrogens with zero attached hydrogens (tertiary/aromatic N) is 4. The Labute approximate surface area is 119 Å². The molecule has 1 saturated heterocycles.